The molecular formula is C13H16F2N2. The number of hydrogen-bond acceptors (Lipinski definition) is 2. The molecule has 0 bridgehead atoms. The maximum absolute atomic E-state index is 13.7. The third-order valence-electron chi connectivity index (χ3n) is 3.16. The van der Waals surface area contributed by atoms with Gasteiger partial charge in [0.15, 0.2) is 11.6 Å². The summed E-state index contributed by atoms with van der Waals surface area (Å²) in [5.74, 6) is 3.82. The molecule has 1 atom stereocenters. The van der Waals surface area contributed by atoms with Crippen molar-refractivity contribution in [2.24, 2.45) is 5.84 Å². The van der Waals surface area contributed by atoms with Crippen LogP contribution in [0.1, 0.15) is 37.3 Å². The van der Waals surface area contributed by atoms with E-state index in [9.17, 15) is 8.78 Å². The average molecular weight is 238 g/mol. The van der Waals surface area contributed by atoms with Crippen molar-refractivity contribution >= 4 is 0 Å². The van der Waals surface area contributed by atoms with Crippen LogP contribution in [0, 0.1) is 11.6 Å². The van der Waals surface area contributed by atoms with Crippen LogP contribution in [0.2, 0.25) is 0 Å². The Kier molecular flexibility index (Phi) is 3.86. The molecule has 92 valence electrons. The van der Waals surface area contributed by atoms with Crippen molar-refractivity contribution in [2.45, 2.75) is 31.7 Å². The summed E-state index contributed by atoms with van der Waals surface area (Å²) in [4.78, 5) is 0. The van der Waals surface area contributed by atoms with Crippen LogP contribution in [0.25, 0.3) is 0 Å². The largest absolute Gasteiger partial charge is 0.271 e. The molecule has 1 aliphatic rings. The van der Waals surface area contributed by atoms with Gasteiger partial charge in [-0.15, -0.1) is 0 Å². The zero-order valence-electron chi connectivity index (χ0n) is 9.55. The molecule has 2 nitrogen and oxygen atoms in total. The molecule has 0 heterocycles. The zero-order valence-corrected chi connectivity index (χ0v) is 9.55. The van der Waals surface area contributed by atoms with E-state index in [0.29, 0.717) is 0 Å². The lowest BCUT2D eigenvalue weighted by Gasteiger charge is -2.23. The maximum atomic E-state index is 13.7. The number of hydrogen-bond donors (Lipinski definition) is 2. The average Bonchev–Trinajstić information content (AvgIpc) is 2.37. The van der Waals surface area contributed by atoms with Crippen LogP contribution in [0.3, 0.4) is 0 Å². The first-order chi connectivity index (χ1) is 8.24. The first-order valence-electron chi connectivity index (χ1n) is 5.83. The number of nitrogens with two attached hydrogens (primary N) is 1. The minimum atomic E-state index is -0.834. The summed E-state index contributed by atoms with van der Waals surface area (Å²) in [6, 6.07) is 3.76. The van der Waals surface area contributed by atoms with Crippen molar-refractivity contribution in [3.8, 4) is 0 Å². The van der Waals surface area contributed by atoms with Gasteiger partial charge in [0.1, 0.15) is 0 Å². The molecule has 0 spiro atoms. The van der Waals surface area contributed by atoms with Crippen LogP contribution < -0.4 is 11.3 Å². The molecule has 0 aliphatic heterocycles. The first kappa shape index (κ1) is 12.2. The van der Waals surface area contributed by atoms with Gasteiger partial charge in [-0.25, -0.2) is 14.2 Å². The van der Waals surface area contributed by atoms with E-state index in [1.54, 1.807) is 6.07 Å². The summed E-state index contributed by atoms with van der Waals surface area (Å²) in [7, 11) is 0. The second-order valence-corrected chi connectivity index (χ2v) is 4.27. The van der Waals surface area contributed by atoms with Crippen molar-refractivity contribution in [3.05, 3.63) is 47.0 Å². The predicted octanol–water partition coefficient (Wildman–Crippen LogP) is 2.97. The number of benzene rings is 1. The standard InChI is InChI=1S/C13H16F2N2/c14-11-8-4-7-10(12(11)15)13(17-16)9-5-2-1-3-6-9/h4-5,7-8,13,17H,1-3,6,16H2. The highest BCUT2D eigenvalue weighted by atomic mass is 19.2. The Bertz CT molecular complexity index is 429. The number of hydrazine groups is 1. The third kappa shape index (κ3) is 2.53. The minimum Gasteiger partial charge on any atom is -0.271 e. The van der Waals surface area contributed by atoms with E-state index >= 15 is 0 Å². The van der Waals surface area contributed by atoms with E-state index < -0.39 is 17.7 Å². The maximum Gasteiger partial charge on any atom is 0.163 e. The van der Waals surface area contributed by atoms with E-state index in [-0.39, 0.29) is 5.56 Å². The van der Waals surface area contributed by atoms with Gasteiger partial charge in [-0.1, -0.05) is 23.8 Å². The Balaban J connectivity index is 2.34. The molecule has 0 radical (unpaired) electrons. The molecule has 1 aromatic carbocycles. The number of halogens is 2. The molecule has 1 aromatic rings. The van der Waals surface area contributed by atoms with Gasteiger partial charge in [-0.3, -0.25) is 5.84 Å². The normalized spacial score (nSPS) is 17.7. The molecule has 4 heteroatoms. The van der Waals surface area contributed by atoms with Gasteiger partial charge in [-0.2, -0.15) is 0 Å². The number of nitrogens with one attached hydrogen (secondary N) is 1. The van der Waals surface area contributed by atoms with Crippen LogP contribution in [-0.2, 0) is 0 Å². The molecule has 0 saturated heterocycles. The summed E-state index contributed by atoms with van der Waals surface area (Å²) in [5.41, 5.74) is 3.90. The highest BCUT2D eigenvalue weighted by Crippen LogP contribution is 2.31. The fourth-order valence-electron chi connectivity index (χ4n) is 2.27. The number of rotatable bonds is 3. The van der Waals surface area contributed by atoms with E-state index in [4.69, 9.17) is 5.84 Å². The Hall–Kier alpha value is -1.26. The van der Waals surface area contributed by atoms with Crippen LogP contribution >= 0.6 is 0 Å². The first-order valence-corrected chi connectivity index (χ1v) is 5.83. The van der Waals surface area contributed by atoms with Crippen LogP contribution in [0.4, 0.5) is 8.78 Å². The van der Waals surface area contributed by atoms with Crippen LogP contribution in [-0.4, -0.2) is 0 Å². The van der Waals surface area contributed by atoms with Crippen molar-refractivity contribution in [3.63, 3.8) is 0 Å². The lowest BCUT2D eigenvalue weighted by Crippen LogP contribution is -2.30. The molecule has 0 saturated carbocycles. The van der Waals surface area contributed by atoms with Gasteiger partial charge >= 0.3 is 0 Å². The topological polar surface area (TPSA) is 38.0 Å². The third-order valence-corrected chi connectivity index (χ3v) is 3.16. The van der Waals surface area contributed by atoms with E-state index in [1.165, 1.54) is 6.07 Å². The van der Waals surface area contributed by atoms with Crippen molar-refractivity contribution in [1.82, 2.24) is 5.43 Å². The van der Waals surface area contributed by atoms with E-state index in [1.807, 2.05) is 0 Å². The minimum absolute atomic E-state index is 0.278. The summed E-state index contributed by atoms with van der Waals surface area (Å²) < 4.78 is 26.9. The van der Waals surface area contributed by atoms with Gasteiger partial charge in [0.2, 0.25) is 0 Å². The Morgan fingerprint density at radius 2 is 2.06 bits per heavy atom. The molecule has 0 fully saturated rings. The molecule has 0 aromatic heterocycles. The Labute approximate surface area is 99.5 Å². The Morgan fingerprint density at radius 3 is 2.71 bits per heavy atom. The Morgan fingerprint density at radius 1 is 1.24 bits per heavy atom. The van der Waals surface area contributed by atoms with Crippen LogP contribution in [0.15, 0.2) is 29.8 Å². The predicted molar refractivity (Wildman–Crippen MR) is 63.0 cm³/mol. The quantitative estimate of drug-likeness (QED) is 0.482. The molecule has 1 aliphatic carbocycles. The van der Waals surface area contributed by atoms with Gasteiger partial charge in [0, 0.05) is 5.56 Å². The van der Waals surface area contributed by atoms with Crippen LogP contribution in [0.5, 0.6) is 0 Å². The second-order valence-electron chi connectivity index (χ2n) is 4.27. The lowest BCUT2D eigenvalue weighted by atomic mass is 9.90. The van der Waals surface area contributed by atoms with Crippen molar-refractivity contribution in [2.75, 3.05) is 0 Å². The van der Waals surface area contributed by atoms with E-state index in [0.717, 1.165) is 37.3 Å². The zero-order chi connectivity index (χ0) is 12.3. The molecule has 17 heavy (non-hydrogen) atoms. The molecular weight excluding hydrogens is 222 g/mol. The van der Waals surface area contributed by atoms with Crippen molar-refractivity contribution < 1.29 is 8.78 Å². The van der Waals surface area contributed by atoms with Gasteiger partial charge in [-0.05, 0) is 31.7 Å². The molecule has 1 unspecified atom stereocenters. The smallest absolute Gasteiger partial charge is 0.163 e. The summed E-state index contributed by atoms with van der Waals surface area (Å²) in [5, 5.41) is 0. The van der Waals surface area contributed by atoms with E-state index in [2.05, 4.69) is 11.5 Å². The molecule has 2 rings (SSSR count). The summed E-state index contributed by atoms with van der Waals surface area (Å²) >= 11 is 0. The molecule has 0 amide bonds. The fourth-order valence-corrected chi connectivity index (χ4v) is 2.27. The SMILES string of the molecule is NNC(C1=CCCCC1)c1cccc(F)c1F. The highest BCUT2D eigenvalue weighted by molar-refractivity contribution is 5.30. The second kappa shape index (κ2) is 5.38. The summed E-state index contributed by atoms with van der Waals surface area (Å²) in [6.45, 7) is 0. The monoisotopic (exact) mass is 238 g/mol. The van der Waals surface area contributed by atoms with Gasteiger partial charge in [0.25, 0.3) is 0 Å². The number of allylic oxidation sites excluding steroid dienone is 1. The highest BCUT2D eigenvalue weighted by Gasteiger charge is 2.21. The lowest BCUT2D eigenvalue weighted by molar-refractivity contribution is 0.474. The molecule has 3 N–H and O–H groups in total. The summed E-state index contributed by atoms with van der Waals surface area (Å²) in [6.07, 6.45) is 6.14. The van der Waals surface area contributed by atoms with Gasteiger partial charge < -0.3 is 0 Å². The van der Waals surface area contributed by atoms with Crippen molar-refractivity contribution in [1.29, 1.82) is 0 Å². The van der Waals surface area contributed by atoms with Gasteiger partial charge in [0.05, 0.1) is 6.04 Å². The fraction of sp³-hybridized carbons (Fsp3) is 0.385.